The van der Waals surface area contributed by atoms with Crippen molar-refractivity contribution in [3.63, 3.8) is 0 Å². The van der Waals surface area contributed by atoms with E-state index in [-0.39, 0.29) is 24.0 Å². The lowest BCUT2D eigenvalue weighted by molar-refractivity contribution is 0.297. The summed E-state index contributed by atoms with van der Waals surface area (Å²) in [5.74, 6) is 2.38. The van der Waals surface area contributed by atoms with E-state index < -0.39 is 0 Å². The average molecular weight is 502 g/mol. The van der Waals surface area contributed by atoms with E-state index >= 15 is 0 Å². The van der Waals surface area contributed by atoms with Gasteiger partial charge in [0, 0.05) is 31.6 Å². The molecular weight excluding hydrogens is 477 g/mol. The standard InChI is InChI=1S/C20H24ClN3O2.HI/c1-22-20(23-10-9-16-5-2-3-6-17(16)21)24-14-15-7-8-18-19(13-15)26-12-4-11-25-18;/h2-3,5-8,13H,4,9-12,14H2,1H3,(H2,22,23,24);1H. The average Bonchev–Trinajstić information content (AvgIpc) is 2.91. The number of hydrogen-bond acceptors (Lipinski definition) is 3. The number of rotatable bonds is 5. The number of guanidine groups is 1. The van der Waals surface area contributed by atoms with Crippen LogP contribution in [0.4, 0.5) is 0 Å². The molecule has 146 valence electrons. The smallest absolute Gasteiger partial charge is 0.191 e. The Morgan fingerprint density at radius 3 is 2.63 bits per heavy atom. The third kappa shape index (κ3) is 6.46. The number of ether oxygens (including phenoxy) is 2. The fourth-order valence-corrected chi connectivity index (χ4v) is 2.97. The Kier molecular flexibility index (Phi) is 9.00. The molecule has 0 amide bonds. The van der Waals surface area contributed by atoms with Crippen LogP contribution in [0.15, 0.2) is 47.5 Å². The van der Waals surface area contributed by atoms with Crippen molar-refractivity contribution in [3.8, 4) is 11.5 Å². The normalized spacial score (nSPS) is 13.3. The van der Waals surface area contributed by atoms with E-state index in [1.807, 2.05) is 42.5 Å². The van der Waals surface area contributed by atoms with Crippen molar-refractivity contribution in [3.05, 3.63) is 58.6 Å². The zero-order valence-electron chi connectivity index (χ0n) is 15.3. The largest absolute Gasteiger partial charge is 0.490 e. The third-order valence-corrected chi connectivity index (χ3v) is 4.51. The first kappa shape index (κ1) is 21.6. The van der Waals surface area contributed by atoms with Crippen LogP contribution in [0, 0.1) is 0 Å². The predicted octanol–water partition coefficient (Wildman–Crippen LogP) is 4.03. The molecule has 1 heterocycles. The molecular formula is C20H25ClIN3O2. The van der Waals surface area contributed by atoms with Crippen molar-refractivity contribution < 1.29 is 9.47 Å². The van der Waals surface area contributed by atoms with Gasteiger partial charge in [-0.3, -0.25) is 4.99 Å². The molecule has 0 spiro atoms. The van der Waals surface area contributed by atoms with Crippen molar-refractivity contribution in [2.45, 2.75) is 19.4 Å². The van der Waals surface area contributed by atoms with Crippen LogP contribution in [0.1, 0.15) is 17.5 Å². The summed E-state index contributed by atoms with van der Waals surface area (Å²) >= 11 is 6.19. The maximum absolute atomic E-state index is 6.19. The lowest BCUT2D eigenvalue weighted by atomic mass is 10.1. The maximum Gasteiger partial charge on any atom is 0.191 e. The number of nitrogens with one attached hydrogen (secondary N) is 2. The topological polar surface area (TPSA) is 54.9 Å². The summed E-state index contributed by atoms with van der Waals surface area (Å²) in [6.45, 7) is 2.80. The summed E-state index contributed by atoms with van der Waals surface area (Å²) in [5.41, 5.74) is 2.24. The number of aliphatic imine (C=N–C) groups is 1. The van der Waals surface area contributed by atoms with Gasteiger partial charge in [-0.1, -0.05) is 35.9 Å². The fraction of sp³-hybridized carbons (Fsp3) is 0.350. The maximum atomic E-state index is 6.19. The highest BCUT2D eigenvalue weighted by Crippen LogP contribution is 2.30. The summed E-state index contributed by atoms with van der Waals surface area (Å²) in [4.78, 5) is 4.26. The summed E-state index contributed by atoms with van der Waals surface area (Å²) in [5, 5.41) is 7.43. The molecule has 0 saturated carbocycles. The van der Waals surface area contributed by atoms with E-state index in [2.05, 4.69) is 15.6 Å². The summed E-state index contributed by atoms with van der Waals surface area (Å²) in [7, 11) is 1.76. The van der Waals surface area contributed by atoms with Crippen LogP contribution in [0.25, 0.3) is 0 Å². The summed E-state index contributed by atoms with van der Waals surface area (Å²) in [6, 6.07) is 13.9. The second-order valence-corrected chi connectivity index (χ2v) is 6.43. The highest BCUT2D eigenvalue weighted by molar-refractivity contribution is 14.0. The molecule has 2 aromatic rings. The molecule has 0 fully saturated rings. The minimum absolute atomic E-state index is 0. The van der Waals surface area contributed by atoms with Gasteiger partial charge in [0.2, 0.25) is 0 Å². The first-order valence-corrected chi connectivity index (χ1v) is 9.20. The second-order valence-electron chi connectivity index (χ2n) is 6.03. The van der Waals surface area contributed by atoms with Gasteiger partial charge in [-0.25, -0.2) is 0 Å². The molecule has 0 bridgehead atoms. The van der Waals surface area contributed by atoms with Crippen LogP contribution in [-0.2, 0) is 13.0 Å². The highest BCUT2D eigenvalue weighted by Gasteiger charge is 2.10. The molecule has 7 heteroatoms. The first-order chi connectivity index (χ1) is 12.8. The predicted molar refractivity (Wildman–Crippen MR) is 121 cm³/mol. The zero-order valence-corrected chi connectivity index (χ0v) is 18.4. The number of hydrogen-bond donors (Lipinski definition) is 2. The lowest BCUT2D eigenvalue weighted by Gasteiger charge is -2.14. The van der Waals surface area contributed by atoms with Gasteiger partial charge < -0.3 is 20.1 Å². The van der Waals surface area contributed by atoms with Crippen LogP contribution in [0.3, 0.4) is 0 Å². The Balaban J connectivity index is 0.00000261. The molecule has 27 heavy (non-hydrogen) atoms. The minimum atomic E-state index is 0. The van der Waals surface area contributed by atoms with Gasteiger partial charge >= 0.3 is 0 Å². The van der Waals surface area contributed by atoms with Gasteiger partial charge in [0.05, 0.1) is 13.2 Å². The van der Waals surface area contributed by atoms with Crippen molar-refractivity contribution in [2.75, 3.05) is 26.8 Å². The number of fused-ring (bicyclic) bond motifs is 1. The molecule has 0 unspecified atom stereocenters. The zero-order chi connectivity index (χ0) is 18.2. The Hall–Kier alpha value is -1.67. The first-order valence-electron chi connectivity index (χ1n) is 8.82. The van der Waals surface area contributed by atoms with Gasteiger partial charge in [-0.15, -0.1) is 24.0 Å². The van der Waals surface area contributed by atoms with E-state index in [0.717, 1.165) is 53.0 Å². The van der Waals surface area contributed by atoms with Crippen LogP contribution in [0.2, 0.25) is 5.02 Å². The number of halogens is 2. The van der Waals surface area contributed by atoms with Crippen molar-refractivity contribution in [1.82, 2.24) is 10.6 Å². The Morgan fingerprint density at radius 1 is 1.07 bits per heavy atom. The van der Waals surface area contributed by atoms with E-state index in [1.165, 1.54) is 0 Å². The van der Waals surface area contributed by atoms with Gasteiger partial charge in [-0.2, -0.15) is 0 Å². The van der Waals surface area contributed by atoms with Crippen molar-refractivity contribution in [2.24, 2.45) is 4.99 Å². The molecule has 1 aliphatic rings. The van der Waals surface area contributed by atoms with Crippen LogP contribution in [-0.4, -0.2) is 32.8 Å². The highest BCUT2D eigenvalue weighted by atomic mass is 127. The monoisotopic (exact) mass is 501 g/mol. The molecule has 1 aliphatic heterocycles. The molecule has 0 saturated heterocycles. The van der Waals surface area contributed by atoms with E-state index in [9.17, 15) is 0 Å². The van der Waals surface area contributed by atoms with Crippen LogP contribution < -0.4 is 20.1 Å². The minimum Gasteiger partial charge on any atom is -0.490 e. The molecule has 3 rings (SSSR count). The molecule has 5 nitrogen and oxygen atoms in total. The van der Waals surface area contributed by atoms with Crippen molar-refractivity contribution in [1.29, 1.82) is 0 Å². The second kappa shape index (κ2) is 11.2. The van der Waals surface area contributed by atoms with Crippen molar-refractivity contribution >= 4 is 41.5 Å². The summed E-state index contributed by atoms with van der Waals surface area (Å²) in [6.07, 6.45) is 1.74. The molecule has 0 atom stereocenters. The molecule has 0 aromatic heterocycles. The lowest BCUT2D eigenvalue weighted by Crippen LogP contribution is -2.37. The van der Waals surface area contributed by atoms with E-state index in [1.54, 1.807) is 7.05 Å². The Labute approximate surface area is 182 Å². The fourth-order valence-electron chi connectivity index (χ4n) is 2.74. The van der Waals surface area contributed by atoms with Gasteiger partial charge in [-0.05, 0) is 35.7 Å². The molecule has 0 radical (unpaired) electrons. The molecule has 2 N–H and O–H groups in total. The molecule has 0 aliphatic carbocycles. The number of nitrogens with zero attached hydrogens (tertiary/aromatic N) is 1. The molecule has 2 aromatic carbocycles. The third-order valence-electron chi connectivity index (χ3n) is 4.14. The van der Waals surface area contributed by atoms with Gasteiger partial charge in [0.1, 0.15) is 0 Å². The Morgan fingerprint density at radius 2 is 1.85 bits per heavy atom. The van der Waals surface area contributed by atoms with Gasteiger partial charge in [0.25, 0.3) is 0 Å². The quantitative estimate of drug-likeness (QED) is 0.369. The van der Waals surface area contributed by atoms with E-state index in [0.29, 0.717) is 19.8 Å². The van der Waals surface area contributed by atoms with Crippen LogP contribution >= 0.6 is 35.6 Å². The SMILES string of the molecule is CN=C(NCCc1ccccc1Cl)NCc1ccc2c(c1)OCCCO2.I. The van der Waals surface area contributed by atoms with Gasteiger partial charge in [0.15, 0.2) is 17.5 Å². The van der Waals surface area contributed by atoms with Crippen LogP contribution in [0.5, 0.6) is 11.5 Å². The van der Waals surface area contributed by atoms with E-state index in [4.69, 9.17) is 21.1 Å². The number of benzene rings is 2. The summed E-state index contributed by atoms with van der Waals surface area (Å²) < 4.78 is 11.4. The Bertz CT molecular complexity index is 771.